The van der Waals surface area contributed by atoms with Crippen LogP contribution in [0.1, 0.15) is 6.92 Å². The molecule has 0 amide bonds. The second-order valence-electron chi connectivity index (χ2n) is 4.15. The van der Waals surface area contributed by atoms with Gasteiger partial charge in [-0.25, -0.2) is 0 Å². The minimum absolute atomic E-state index is 0.299. The maximum absolute atomic E-state index is 5.73. The number of ether oxygens (including phenoxy) is 4. The molecule has 0 heterocycles. The SMILES string of the molecule is COCC(C)NCCOc1c(OC)cccc1OC. The normalized spacial score (nSPS) is 12.0. The molecule has 0 fully saturated rings. The summed E-state index contributed by atoms with van der Waals surface area (Å²) < 4.78 is 21.3. The van der Waals surface area contributed by atoms with E-state index in [1.807, 2.05) is 18.2 Å². The summed E-state index contributed by atoms with van der Waals surface area (Å²) in [4.78, 5) is 0. The molecule has 0 aliphatic rings. The molecule has 1 rings (SSSR count). The van der Waals surface area contributed by atoms with Crippen molar-refractivity contribution in [3.63, 3.8) is 0 Å². The molecule has 5 heteroatoms. The molecule has 0 aromatic heterocycles. The van der Waals surface area contributed by atoms with Gasteiger partial charge in [-0.2, -0.15) is 0 Å². The summed E-state index contributed by atoms with van der Waals surface area (Å²) in [6.07, 6.45) is 0. The van der Waals surface area contributed by atoms with E-state index in [2.05, 4.69) is 12.2 Å². The molecule has 0 saturated heterocycles. The molecular weight excluding hydrogens is 246 g/mol. The predicted octanol–water partition coefficient (Wildman–Crippen LogP) is 1.71. The number of nitrogens with one attached hydrogen (secondary N) is 1. The van der Waals surface area contributed by atoms with Crippen molar-refractivity contribution >= 4 is 0 Å². The molecule has 1 aromatic carbocycles. The smallest absolute Gasteiger partial charge is 0.203 e. The number of rotatable bonds is 9. The van der Waals surface area contributed by atoms with E-state index in [9.17, 15) is 0 Å². The number of para-hydroxylation sites is 1. The van der Waals surface area contributed by atoms with E-state index in [-0.39, 0.29) is 0 Å². The summed E-state index contributed by atoms with van der Waals surface area (Å²) in [5.74, 6) is 1.97. The molecule has 0 aliphatic carbocycles. The van der Waals surface area contributed by atoms with E-state index in [0.29, 0.717) is 36.5 Å². The Labute approximate surface area is 114 Å². The molecule has 0 aliphatic heterocycles. The standard InChI is InChI=1S/C14H23NO4/c1-11(10-16-2)15-8-9-19-14-12(17-3)6-5-7-13(14)18-4/h5-7,11,15H,8-10H2,1-4H3. The van der Waals surface area contributed by atoms with Crippen LogP contribution in [0.5, 0.6) is 17.2 Å². The van der Waals surface area contributed by atoms with Crippen LogP contribution < -0.4 is 19.5 Å². The first kappa shape index (κ1) is 15.6. The molecule has 5 nitrogen and oxygen atoms in total. The Morgan fingerprint density at radius 3 is 2.26 bits per heavy atom. The molecule has 1 atom stereocenters. The number of hydrogen-bond donors (Lipinski definition) is 1. The van der Waals surface area contributed by atoms with Crippen molar-refractivity contribution in [2.45, 2.75) is 13.0 Å². The highest BCUT2D eigenvalue weighted by atomic mass is 16.5. The molecule has 1 N–H and O–H groups in total. The van der Waals surface area contributed by atoms with Crippen molar-refractivity contribution in [3.8, 4) is 17.2 Å². The maximum Gasteiger partial charge on any atom is 0.203 e. The van der Waals surface area contributed by atoms with Crippen LogP contribution in [0.4, 0.5) is 0 Å². The van der Waals surface area contributed by atoms with Gasteiger partial charge in [0.1, 0.15) is 6.61 Å². The Kier molecular flexibility index (Phi) is 7.07. The summed E-state index contributed by atoms with van der Waals surface area (Å²) in [5, 5.41) is 3.30. The highest BCUT2D eigenvalue weighted by Gasteiger charge is 2.10. The van der Waals surface area contributed by atoms with Gasteiger partial charge >= 0.3 is 0 Å². The van der Waals surface area contributed by atoms with Gasteiger partial charge in [0.25, 0.3) is 0 Å². The molecule has 0 radical (unpaired) electrons. The Hall–Kier alpha value is -1.46. The van der Waals surface area contributed by atoms with Crippen molar-refractivity contribution in [2.24, 2.45) is 0 Å². The van der Waals surface area contributed by atoms with Gasteiger partial charge in [0.05, 0.1) is 20.8 Å². The number of benzene rings is 1. The van der Waals surface area contributed by atoms with Crippen molar-refractivity contribution in [1.82, 2.24) is 5.32 Å². The van der Waals surface area contributed by atoms with E-state index in [0.717, 1.165) is 6.54 Å². The monoisotopic (exact) mass is 269 g/mol. The van der Waals surface area contributed by atoms with Gasteiger partial charge in [0, 0.05) is 19.7 Å². The summed E-state index contributed by atoms with van der Waals surface area (Å²) in [6, 6.07) is 5.86. The molecule has 1 unspecified atom stereocenters. The number of hydrogen-bond acceptors (Lipinski definition) is 5. The van der Waals surface area contributed by atoms with Gasteiger partial charge in [-0.1, -0.05) is 6.07 Å². The van der Waals surface area contributed by atoms with Crippen LogP contribution in [0, 0.1) is 0 Å². The lowest BCUT2D eigenvalue weighted by Gasteiger charge is -2.16. The van der Waals surface area contributed by atoms with E-state index >= 15 is 0 Å². The second-order valence-corrected chi connectivity index (χ2v) is 4.15. The fourth-order valence-corrected chi connectivity index (χ4v) is 1.73. The molecule has 0 bridgehead atoms. The van der Waals surface area contributed by atoms with Crippen molar-refractivity contribution in [3.05, 3.63) is 18.2 Å². The van der Waals surface area contributed by atoms with Crippen molar-refractivity contribution in [1.29, 1.82) is 0 Å². The van der Waals surface area contributed by atoms with Crippen LogP contribution >= 0.6 is 0 Å². The largest absolute Gasteiger partial charge is 0.493 e. The molecule has 19 heavy (non-hydrogen) atoms. The van der Waals surface area contributed by atoms with Crippen LogP contribution in [0.3, 0.4) is 0 Å². The molecule has 0 saturated carbocycles. The molecule has 0 spiro atoms. The zero-order chi connectivity index (χ0) is 14.1. The lowest BCUT2D eigenvalue weighted by atomic mass is 10.3. The van der Waals surface area contributed by atoms with E-state index < -0.39 is 0 Å². The Morgan fingerprint density at radius 1 is 1.11 bits per heavy atom. The molecule has 108 valence electrons. The summed E-state index contributed by atoms with van der Waals surface area (Å²) in [7, 11) is 4.91. The minimum atomic E-state index is 0.299. The fraction of sp³-hybridized carbons (Fsp3) is 0.571. The van der Waals surface area contributed by atoms with Crippen LogP contribution in [0.2, 0.25) is 0 Å². The van der Waals surface area contributed by atoms with Gasteiger partial charge in [-0.3, -0.25) is 0 Å². The zero-order valence-electron chi connectivity index (χ0n) is 12.1. The van der Waals surface area contributed by atoms with Gasteiger partial charge in [-0.05, 0) is 19.1 Å². The van der Waals surface area contributed by atoms with Crippen molar-refractivity contribution < 1.29 is 18.9 Å². The highest BCUT2D eigenvalue weighted by molar-refractivity contribution is 5.51. The maximum atomic E-state index is 5.73. The molecular formula is C14H23NO4. The lowest BCUT2D eigenvalue weighted by molar-refractivity contribution is 0.168. The first-order valence-electron chi connectivity index (χ1n) is 6.29. The van der Waals surface area contributed by atoms with Crippen LogP contribution in [-0.2, 0) is 4.74 Å². The third-order valence-corrected chi connectivity index (χ3v) is 2.64. The average molecular weight is 269 g/mol. The van der Waals surface area contributed by atoms with Crippen molar-refractivity contribution in [2.75, 3.05) is 41.1 Å². The number of methoxy groups -OCH3 is 3. The van der Waals surface area contributed by atoms with E-state index in [1.165, 1.54) is 0 Å². The lowest BCUT2D eigenvalue weighted by Crippen LogP contribution is -2.33. The van der Waals surface area contributed by atoms with Crippen LogP contribution in [0.15, 0.2) is 18.2 Å². The Bertz CT molecular complexity index is 348. The topological polar surface area (TPSA) is 49.0 Å². The summed E-state index contributed by atoms with van der Waals surface area (Å²) >= 11 is 0. The van der Waals surface area contributed by atoms with Crippen LogP contribution in [-0.4, -0.2) is 47.1 Å². The van der Waals surface area contributed by atoms with Gasteiger partial charge < -0.3 is 24.3 Å². The third kappa shape index (κ3) is 4.96. The average Bonchev–Trinajstić information content (AvgIpc) is 2.43. The summed E-state index contributed by atoms with van der Waals surface area (Å²) in [6.45, 7) is 4.00. The quantitative estimate of drug-likeness (QED) is 0.692. The highest BCUT2D eigenvalue weighted by Crippen LogP contribution is 2.36. The minimum Gasteiger partial charge on any atom is -0.493 e. The predicted molar refractivity (Wildman–Crippen MR) is 74.4 cm³/mol. The van der Waals surface area contributed by atoms with Gasteiger partial charge in [-0.15, -0.1) is 0 Å². The van der Waals surface area contributed by atoms with Crippen LogP contribution in [0.25, 0.3) is 0 Å². The van der Waals surface area contributed by atoms with Gasteiger partial charge in [0.2, 0.25) is 5.75 Å². The zero-order valence-corrected chi connectivity index (χ0v) is 12.1. The van der Waals surface area contributed by atoms with E-state index in [1.54, 1.807) is 21.3 Å². The summed E-state index contributed by atoms with van der Waals surface area (Å²) in [5.41, 5.74) is 0. The second kappa shape index (κ2) is 8.61. The first-order chi connectivity index (χ1) is 9.22. The molecule has 1 aromatic rings. The fourth-order valence-electron chi connectivity index (χ4n) is 1.73. The first-order valence-corrected chi connectivity index (χ1v) is 6.29. The third-order valence-electron chi connectivity index (χ3n) is 2.64. The Morgan fingerprint density at radius 2 is 1.74 bits per heavy atom. The van der Waals surface area contributed by atoms with Gasteiger partial charge in [0.15, 0.2) is 11.5 Å². The van der Waals surface area contributed by atoms with E-state index in [4.69, 9.17) is 18.9 Å². The Balaban J connectivity index is 2.48.